The van der Waals surface area contributed by atoms with Crippen molar-refractivity contribution in [2.24, 2.45) is 0 Å². The Labute approximate surface area is 169 Å². The summed E-state index contributed by atoms with van der Waals surface area (Å²) >= 11 is 5.82. The third kappa shape index (κ3) is 7.98. The van der Waals surface area contributed by atoms with E-state index in [0.29, 0.717) is 35.7 Å². The molecule has 0 fully saturated rings. The second kappa shape index (κ2) is 10.1. The number of carbonyl (C=O) groups excluding carboxylic acids is 2. The SMILES string of the molecule is CS(=O)(=O)Nc1ccc(C(=O)NCCNC(=O)CCc2ccc(Cl)cc2)cc1. The van der Waals surface area contributed by atoms with Crippen LogP contribution in [0, 0.1) is 0 Å². The lowest BCUT2D eigenvalue weighted by atomic mass is 10.1. The van der Waals surface area contributed by atoms with Crippen molar-refractivity contribution in [1.29, 1.82) is 0 Å². The highest BCUT2D eigenvalue weighted by atomic mass is 35.5. The molecular formula is C19H22ClN3O4S. The summed E-state index contributed by atoms with van der Waals surface area (Å²) in [6, 6.07) is 13.4. The Morgan fingerprint density at radius 1 is 0.929 bits per heavy atom. The molecule has 0 spiro atoms. The number of aryl methyl sites for hydroxylation is 1. The molecule has 0 atom stereocenters. The van der Waals surface area contributed by atoms with Crippen LogP contribution in [0.4, 0.5) is 5.69 Å². The fourth-order valence-corrected chi connectivity index (χ4v) is 3.07. The molecule has 3 N–H and O–H groups in total. The Hall–Kier alpha value is -2.58. The van der Waals surface area contributed by atoms with Gasteiger partial charge in [-0.1, -0.05) is 23.7 Å². The van der Waals surface area contributed by atoms with Crippen LogP contribution in [-0.4, -0.2) is 39.6 Å². The van der Waals surface area contributed by atoms with E-state index in [-0.39, 0.29) is 18.4 Å². The monoisotopic (exact) mass is 423 g/mol. The minimum atomic E-state index is -3.36. The summed E-state index contributed by atoms with van der Waals surface area (Å²) in [5, 5.41) is 6.10. The van der Waals surface area contributed by atoms with Gasteiger partial charge >= 0.3 is 0 Å². The molecule has 0 aliphatic carbocycles. The Morgan fingerprint density at radius 2 is 1.54 bits per heavy atom. The van der Waals surface area contributed by atoms with Crippen LogP contribution >= 0.6 is 11.6 Å². The summed E-state index contributed by atoms with van der Waals surface area (Å²) < 4.78 is 24.6. The molecule has 2 aromatic rings. The van der Waals surface area contributed by atoms with E-state index in [1.165, 1.54) is 24.3 Å². The third-order valence-electron chi connectivity index (χ3n) is 3.74. The van der Waals surface area contributed by atoms with Crippen molar-refractivity contribution < 1.29 is 18.0 Å². The zero-order chi connectivity index (χ0) is 20.6. The van der Waals surface area contributed by atoms with Crippen LogP contribution in [0.2, 0.25) is 5.02 Å². The number of hydrogen-bond donors (Lipinski definition) is 3. The number of sulfonamides is 1. The van der Waals surface area contributed by atoms with Crippen molar-refractivity contribution in [1.82, 2.24) is 10.6 Å². The van der Waals surface area contributed by atoms with E-state index in [2.05, 4.69) is 15.4 Å². The van der Waals surface area contributed by atoms with Crippen LogP contribution in [0.5, 0.6) is 0 Å². The van der Waals surface area contributed by atoms with E-state index in [4.69, 9.17) is 11.6 Å². The molecule has 150 valence electrons. The number of rotatable bonds is 9. The van der Waals surface area contributed by atoms with Gasteiger partial charge in [-0.15, -0.1) is 0 Å². The molecule has 2 amide bonds. The Morgan fingerprint density at radius 3 is 2.14 bits per heavy atom. The summed E-state index contributed by atoms with van der Waals surface area (Å²) in [5.41, 5.74) is 1.81. The van der Waals surface area contributed by atoms with Gasteiger partial charge in [0.05, 0.1) is 6.26 Å². The van der Waals surface area contributed by atoms with Gasteiger partial charge in [-0.25, -0.2) is 8.42 Å². The molecule has 2 aromatic carbocycles. The summed E-state index contributed by atoms with van der Waals surface area (Å²) in [6.45, 7) is 0.605. The highest BCUT2D eigenvalue weighted by Gasteiger charge is 2.07. The molecule has 0 saturated heterocycles. The minimum absolute atomic E-state index is 0.0969. The number of carbonyl (C=O) groups is 2. The van der Waals surface area contributed by atoms with E-state index in [1.807, 2.05) is 12.1 Å². The van der Waals surface area contributed by atoms with Crippen LogP contribution < -0.4 is 15.4 Å². The molecule has 0 bridgehead atoms. The van der Waals surface area contributed by atoms with Gasteiger partial charge in [-0.05, 0) is 48.4 Å². The van der Waals surface area contributed by atoms with E-state index < -0.39 is 10.0 Å². The van der Waals surface area contributed by atoms with Gasteiger partial charge in [-0.2, -0.15) is 0 Å². The summed E-state index contributed by atoms with van der Waals surface area (Å²) in [6.07, 6.45) is 2.02. The van der Waals surface area contributed by atoms with E-state index >= 15 is 0 Å². The van der Waals surface area contributed by atoms with Crippen molar-refractivity contribution in [3.63, 3.8) is 0 Å². The van der Waals surface area contributed by atoms with Crippen LogP contribution in [0.3, 0.4) is 0 Å². The predicted molar refractivity (Wildman–Crippen MR) is 110 cm³/mol. The lowest BCUT2D eigenvalue weighted by Gasteiger charge is -2.08. The maximum Gasteiger partial charge on any atom is 0.251 e. The zero-order valence-corrected chi connectivity index (χ0v) is 16.9. The highest BCUT2D eigenvalue weighted by molar-refractivity contribution is 7.92. The molecular weight excluding hydrogens is 402 g/mol. The van der Waals surface area contributed by atoms with Crippen molar-refractivity contribution in [3.8, 4) is 0 Å². The molecule has 7 nitrogen and oxygen atoms in total. The standard InChI is InChI=1S/C19H22ClN3O4S/c1-28(26,27)23-17-9-5-15(6-10-17)19(25)22-13-12-21-18(24)11-4-14-2-7-16(20)8-3-14/h2-3,5-10,23H,4,11-13H2,1H3,(H,21,24)(H,22,25). The molecule has 0 aromatic heterocycles. The fourth-order valence-electron chi connectivity index (χ4n) is 2.38. The first-order chi connectivity index (χ1) is 13.2. The average molecular weight is 424 g/mol. The minimum Gasteiger partial charge on any atom is -0.354 e. The third-order valence-corrected chi connectivity index (χ3v) is 4.60. The highest BCUT2D eigenvalue weighted by Crippen LogP contribution is 2.11. The lowest BCUT2D eigenvalue weighted by Crippen LogP contribution is -2.34. The van der Waals surface area contributed by atoms with Gasteiger partial charge in [-0.3, -0.25) is 14.3 Å². The lowest BCUT2D eigenvalue weighted by molar-refractivity contribution is -0.121. The van der Waals surface area contributed by atoms with Gasteiger partial charge in [0, 0.05) is 35.8 Å². The van der Waals surface area contributed by atoms with Gasteiger partial charge in [0.2, 0.25) is 15.9 Å². The second-order valence-electron chi connectivity index (χ2n) is 6.18. The number of benzene rings is 2. The Kier molecular flexibility index (Phi) is 7.83. The predicted octanol–water partition coefficient (Wildman–Crippen LogP) is 2.19. The fraction of sp³-hybridized carbons (Fsp3) is 0.263. The van der Waals surface area contributed by atoms with E-state index in [0.717, 1.165) is 11.8 Å². The van der Waals surface area contributed by atoms with Crippen molar-refractivity contribution in [2.75, 3.05) is 24.1 Å². The Bertz CT molecular complexity index is 913. The molecule has 0 saturated carbocycles. The van der Waals surface area contributed by atoms with E-state index in [1.54, 1.807) is 12.1 Å². The summed E-state index contributed by atoms with van der Waals surface area (Å²) in [5.74, 6) is -0.401. The number of nitrogens with one attached hydrogen (secondary N) is 3. The van der Waals surface area contributed by atoms with Crippen molar-refractivity contribution in [2.45, 2.75) is 12.8 Å². The maximum atomic E-state index is 12.1. The quantitative estimate of drug-likeness (QED) is 0.537. The first-order valence-electron chi connectivity index (χ1n) is 8.60. The maximum absolute atomic E-state index is 12.1. The van der Waals surface area contributed by atoms with Crippen molar-refractivity contribution in [3.05, 3.63) is 64.7 Å². The summed E-state index contributed by atoms with van der Waals surface area (Å²) in [7, 11) is -3.36. The van der Waals surface area contributed by atoms with Crippen LogP contribution in [0.25, 0.3) is 0 Å². The molecule has 0 aliphatic rings. The smallest absolute Gasteiger partial charge is 0.251 e. The molecule has 2 rings (SSSR count). The molecule has 9 heteroatoms. The van der Waals surface area contributed by atoms with Gasteiger partial charge in [0.15, 0.2) is 0 Å². The molecule has 0 radical (unpaired) electrons. The molecule has 0 aliphatic heterocycles. The topological polar surface area (TPSA) is 104 Å². The van der Waals surface area contributed by atoms with Crippen LogP contribution in [-0.2, 0) is 21.2 Å². The average Bonchev–Trinajstić information content (AvgIpc) is 2.64. The van der Waals surface area contributed by atoms with Crippen LogP contribution in [0.15, 0.2) is 48.5 Å². The second-order valence-corrected chi connectivity index (χ2v) is 8.37. The van der Waals surface area contributed by atoms with Gasteiger partial charge < -0.3 is 10.6 Å². The van der Waals surface area contributed by atoms with Crippen molar-refractivity contribution >= 4 is 39.1 Å². The zero-order valence-electron chi connectivity index (χ0n) is 15.4. The first-order valence-corrected chi connectivity index (χ1v) is 10.9. The van der Waals surface area contributed by atoms with Crippen LogP contribution in [0.1, 0.15) is 22.3 Å². The van der Waals surface area contributed by atoms with Gasteiger partial charge in [0.1, 0.15) is 0 Å². The Balaban J connectivity index is 1.67. The normalized spacial score (nSPS) is 10.9. The number of halogens is 1. The molecule has 0 unspecified atom stereocenters. The number of hydrogen-bond acceptors (Lipinski definition) is 4. The first kappa shape index (κ1) is 21.7. The molecule has 0 heterocycles. The largest absolute Gasteiger partial charge is 0.354 e. The van der Waals surface area contributed by atoms with E-state index in [9.17, 15) is 18.0 Å². The van der Waals surface area contributed by atoms with Gasteiger partial charge in [0.25, 0.3) is 5.91 Å². The summed E-state index contributed by atoms with van der Waals surface area (Å²) in [4.78, 5) is 23.9. The number of amides is 2. The number of anilines is 1. The molecule has 28 heavy (non-hydrogen) atoms.